The van der Waals surface area contributed by atoms with Gasteiger partial charge in [0.2, 0.25) is 5.95 Å². The molecule has 2 heterocycles. The Bertz CT molecular complexity index is 828. The Kier molecular flexibility index (Phi) is 6.09. The van der Waals surface area contributed by atoms with Crippen molar-refractivity contribution in [3.05, 3.63) is 78.4 Å². The molecule has 7 heteroatoms. The Morgan fingerprint density at radius 1 is 1.00 bits per heavy atom. The van der Waals surface area contributed by atoms with Crippen LogP contribution in [0.2, 0.25) is 0 Å². The quantitative estimate of drug-likeness (QED) is 0.607. The number of ether oxygens (including phenoxy) is 1. The average Bonchev–Trinajstić information content (AvgIpc) is 2.71. The van der Waals surface area contributed by atoms with Crippen molar-refractivity contribution in [2.75, 3.05) is 18.4 Å². The number of hydrogen-bond acceptors (Lipinski definition) is 6. The van der Waals surface area contributed by atoms with E-state index in [9.17, 15) is 4.79 Å². The van der Waals surface area contributed by atoms with Crippen LogP contribution in [0.4, 0.5) is 5.95 Å². The smallest absolute Gasteiger partial charge is 0.251 e. The van der Waals surface area contributed by atoms with Gasteiger partial charge in [-0.3, -0.25) is 9.78 Å². The Labute approximate surface area is 151 Å². The number of anilines is 1. The van der Waals surface area contributed by atoms with E-state index in [2.05, 4.69) is 25.6 Å². The summed E-state index contributed by atoms with van der Waals surface area (Å²) < 4.78 is 5.72. The second-order valence-corrected chi connectivity index (χ2v) is 5.43. The fraction of sp³-hybridized carbons (Fsp3) is 0.158. The molecule has 0 bridgehead atoms. The lowest BCUT2D eigenvalue weighted by Gasteiger charge is -2.09. The number of carbonyl (C=O) groups excluding carboxylic acids is 1. The molecule has 0 unspecified atom stereocenters. The summed E-state index contributed by atoms with van der Waals surface area (Å²) in [5, 5.41) is 5.88. The highest BCUT2D eigenvalue weighted by Gasteiger charge is 2.06. The summed E-state index contributed by atoms with van der Waals surface area (Å²) in [7, 11) is 0. The minimum atomic E-state index is -0.160. The third-order valence-electron chi connectivity index (χ3n) is 3.48. The maximum Gasteiger partial charge on any atom is 0.251 e. The van der Waals surface area contributed by atoms with Crippen molar-refractivity contribution in [2.24, 2.45) is 0 Å². The first kappa shape index (κ1) is 17.3. The number of rotatable bonds is 8. The van der Waals surface area contributed by atoms with Gasteiger partial charge in [0.25, 0.3) is 5.91 Å². The molecule has 0 spiro atoms. The number of pyridine rings is 1. The van der Waals surface area contributed by atoms with Crippen molar-refractivity contribution in [1.82, 2.24) is 20.3 Å². The monoisotopic (exact) mass is 349 g/mol. The Hall–Kier alpha value is -3.48. The van der Waals surface area contributed by atoms with Gasteiger partial charge in [-0.15, -0.1) is 0 Å². The number of amides is 1. The van der Waals surface area contributed by atoms with Gasteiger partial charge in [0.15, 0.2) is 0 Å². The zero-order chi connectivity index (χ0) is 18.0. The molecule has 2 aromatic heterocycles. The number of benzene rings is 1. The van der Waals surface area contributed by atoms with Crippen LogP contribution in [-0.2, 0) is 6.61 Å². The molecule has 3 rings (SSSR count). The van der Waals surface area contributed by atoms with Gasteiger partial charge in [0.05, 0.1) is 0 Å². The zero-order valence-corrected chi connectivity index (χ0v) is 14.1. The van der Waals surface area contributed by atoms with E-state index in [0.717, 1.165) is 5.56 Å². The first-order valence-electron chi connectivity index (χ1n) is 8.22. The van der Waals surface area contributed by atoms with Crippen LogP contribution in [0.15, 0.2) is 67.3 Å². The van der Waals surface area contributed by atoms with Crippen molar-refractivity contribution in [2.45, 2.75) is 6.61 Å². The fourth-order valence-corrected chi connectivity index (χ4v) is 2.22. The maximum atomic E-state index is 12.2. The number of hydrogen-bond donors (Lipinski definition) is 2. The van der Waals surface area contributed by atoms with Crippen molar-refractivity contribution in [3.8, 4) is 5.75 Å². The normalized spacial score (nSPS) is 10.2. The van der Waals surface area contributed by atoms with Crippen LogP contribution in [0.1, 0.15) is 15.9 Å². The van der Waals surface area contributed by atoms with Gasteiger partial charge in [-0.25, -0.2) is 9.97 Å². The lowest BCUT2D eigenvalue weighted by Crippen LogP contribution is -2.29. The van der Waals surface area contributed by atoms with E-state index in [1.165, 1.54) is 0 Å². The summed E-state index contributed by atoms with van der Waals surface area (Å²) in [4.78, 5) is 24.4. The van der Waals surface area contributed by atoms with Gasteiger partial charge in [-0.2, -0.15) is 0 Å². The number of nitrogens with zero attached hydrogens (tertiary/aromatic N) is 3. The standard InChI is InChI=1S/C19H19N5O2/c25-18(21-10-11-24-19-22-8-3-9-23-19)16-5-1-6-17(12-16)26-14-15-4-2-7-20-13-15/h1-9,12-13H,10-11,14H2,(H,21,25)(H,22,23,24). The van der Waals surface area contributed by atoms with Crippen LogP contribution in [-0.4, -0.2) is 33.9 Å². The third-order valence-corrected chi connectivity index (χ3v) is 3.48. The second kappa shape index (κ2) is 9.12. The van der Waals surface area contributed by atoms with E-state index in [-0.39, 0.29) is 5.91 Å². The van der Waals surface area contributed by atoms with Gasteiger partial charge in [-0.05, 0) is 30.3 Å². The van der Waals surface area contributed by atoms with Gasteiger partial charge >= 0.3 is 0 Å². The van der Waals surface area contributed by atoms with E-state index in [1.807, 2.05) is 18.2 Å². The van der Waals surface area contributed by atoms with Gasteiger partial charge < -0.3 is 15.4 Å². The third kappa shape index (κ3) is 5.27. The molecule has 132 valence electrons. The SMILES string of the molecule is O=C(NCCNc1ncccn1)c1cccc(OCc2cccnc2)c1. The molecule has 0 fully saturated rings. The molecule has 0 aliphatic rings. The molecule has 3 aromatic rings. The summed E-state index contributed by atoms with van der Waals surface area (Å²) in [6, 6.07) is 12.6. The fourth-order valence-electron chi connectivity index (χ4n) is 2.22. The molecule has 1 aromatic carbocycles. The molecule has 7 nitrogen and oxygen atoms in total. The molecule has 1 amide bonds. The van der Waals surface area contributed by atoms with E-state index in [4.69, 9.17) is 4.74 Å². The predicted octanol–water partition coefficient (Wildman–Crippen LogP) is 2.29. The molecule has 0 radical (unpaired) electrons. The average molecular weight is 349 g/mol. The molecule has 0 saturated carbocycles. The number of aromatic nitrogens is 3. The molecular formula is C19H19N5O2. The molecule has 0 aliphatic heterocycles. The van der Waals surface area contributed by atoms with Gasteiger partial charge in [0, 0.05) is 49.0 Å². The lowest BCUT2D eigenvalue weighted by atomic mass is 10.2. The highest BCUT2D eigenvalue weighted by atomic mass is 16.5. The van der Waals surface area contributed by atoms with Crippen LogP contribution in [0, 0.1) is 0 Å². The maximum absolute atomic E-state index is 12.2. The first-order chi connectivity index (χ1) is 12.8. The van der Waals surface area contributed by atoms with E-state index >= 15 is 0 Å². The first-order valence-corrected chi connectivity index (χ1v) is 8.22. The second-order valence-electron chi connectivity index (χ2n) is 5.43. The summed E-state index contributed by atoms with van der Waals surface area (Å²) in [6.07, 6.45) is 6.78. The Morgan fingerprint density at radius 2 is 1.88 bits per heavy atom. The minimum Gasteiger partial charge on any atom is -0.489 e. The highest BCUT2D eigenvalue weighted by Crippen LogP contribution is 2.15. The van der Waals surface area contributed by atoms with E-state index < -0.39 is 0 Å². The van der Waals surface area contributed by atoms with E-state index in [1.54, 1.807) is 49.1 Å². The van der Waals surface area contributed by atoms with E-state index in [0.29, 0.717) is 37.0 Å². The molecular weight excluding hydrogens is 330 g/mol. The number of nitrogens with one attached hydrogen (secondary N) is 2. The van der Waals surface area contributed by atoms with Crippen LogP contribution in [0.5, 0.6) is 5.75 Å². The largest absolute Gasteiger partial charge is 0.489 e. The van der Waals surface area contributed by atoms with Crippen LogP contribution < -0.4 is 15.4 Å². The van der Waals surface area contributed by atoms with Crippen LogP contribution >= 0.6 is 0 Å². The molecule has 0 atom stereocenters. The summed E-state index contributed by atoms with van der Waals surface area (Å²) in [6.45, 7) is 1.39. The molecule has 2 N–H and O–H groups in total. The summed E-state index contributed by atoms with van der Waals surface area (Å²) in [5.41, 5.74) is 1.52. The van der Waals surface area contributed by atoms with Gasteiger partial charge in [0.1, 0.15) is 12.4 Å². The van der Waals surface area contributed by atoms with Crippen molar-refractivity contribution in [3.63, 3.8) is 0 Å². The predicted molar refractivity (Wildman–Crippen MR) is 97.9 cm³/mol. The van der Waals surface area contributed by atoms with Gasteiger partial charge in [-0.1, -0.05) is 12.1 Å². The molecule has 26 heavy (non-hydrogen) atoms. The summed E-state index contributed by atoms with van der Waals surface area (Å²) >= 11 is 0. The Balaban J connectivity index is 1.46. The van der Waals surface area contributed by atoms with Crippen LogP contribution in [0.25, 0.3) is 0 Å². The van der Waals surface area contributed by atoms with Crippen LogP contribution in [0.3, 0.4) is 0 Å². The van der Waals surface area contributed by atoms with Crippen molar-refractivity contribution >= 4 is 11.9 Å². The highest BCUT2D eigenvalue weighted by molar-refractivity contribution is 5.94. The van der Waals surface area contributed by atoms with Crippen molar-refractivity contribution in [1.29, 1.82) is 0 Å². The lowest BCUT2D eigenvalue weighted by molar-refractivity contribution is 0.0954. The minimum absolute atomic E-state index is 0.160. The zero-order valence-electron chi connectivity index (χ0n) is 14.1. The van der Waals surface area contributed by atoms with Crippen molar-refractivity contribution < 1.29 is 9.53 Å². The summed E-state index contributed by atoms with van der Waals surface area (Å²) in [5.74, 6) is 1.01. The molecule has 0 saturated heterocycles. The molecule has 0 aliphatic carbocycles. The topological polar surface area (TPSA) is 89.0 Å². The number of carbonyl (C=O) groups is 1. The Morgan fingerprint density at radius 3 is 2.69 bits per heavy atom.